The molecule has 3 aromatic rings. The zero-order chi connectivity index (χ0) is 17.8. The smallest absolute Gasteiger partial charge is 0.167 e. The first-order valence-electron chi connectivity index (χ1n) is 8.27. The molecule has 0 fully saturated rings. The van der Waals surface area contributed by atoms with Crippen LogP contribution in [0.15, 0.2) is 48.9 Å². The van der Waals surface area contributed by atoms with Crippen molar-refractivity contribution in [2.75, 3.05) is 0 Å². The Kier molecular flexibility index (Phi) is 3.46. The number of rotatable bonds is 0. The number of hydrogen-bond donors (Lipinski definition) is 0. The van der Waals surface area contributed by atoms with Crippen molar-refractivity contribution in [2.24, 2.45) is 5.41 Å². The summed E-state index contributed by atoms with van der Waals surface area (Å²) in [6.07, 6.45) is 3.02. The van der Waals surface area contributed by atoms with Crippen molar-refractivity contribution in [1.29, 1.82) is 0 Å². The number of benzene rings is 2. The van der Waals surface area contributed by atoms with Gasteiger partial charge in [0.15, 0.2) is 11.6 Å². The summed E-state index contributed by atoms with van der Waals surface area (Å²) in [4.78, 5) is 8.48. The number of aromatic nitrogens is 2. The number of fused-ring (bicyclic) bond motifs is 5. The van der Waals surface area contributed by atoms with Crippen LogP contribution in [0.25, 0.3) is 22.4 Å². The Morgan fingerprint density at radius 2 is 1.68 bits per heavy atom. The molecule has 25 heavy (non-hydrogen) atoms. The summed E-state index contributed by atoms with van der Waals surface area (Å²) < 4.78 is 29.0. The second kappa shape index (κ2) is 5.45. The second-order valence-electron chi connectivity index (χ2n) is 7.50. The molecule has 2 nitrogen and oxygen atoms in total. The van der Waals surface area contributed by atoms with Gasteiger partial charge < -0.3 is 0 Å². The average molecular weight is 336 g/mol. The van der Waals surface area contributed by atoms with Gasteiger partial charge in [-0.1, -0.05) is 51.1 Å². The molecule has 0 spiro atoms. The largest absolute Gasteiger partial charge is 0.244 e. The summed E-state index contributed by atoms with van der Waals surface area (Å²) in [6, 6.07) is 10.9. The van der Waals surface area contributed by atoms with Crippen LogP contribution in [0, 0.1) is 17.0 Å². The first kappa shape index (κ1) is 15.9. The minimum atomic E-state index is -0.854. The van der Waals surface area contributed by atoms with Gasteiger partial charge in [0.05, 0.1) is 5.69 Å². The summed E-state index contributed by atoms with van der Waals surface area (Å²) in [7, 11) is 0. The van der Waals surface area contributed by atoms with Gasteiger partial charge in [0.25, 0.3) is 0 Å². The van der Waals surface area contributed by atoms with Gasteiger partial charge in [-0.2, -0.15) is 0 Å². The molecule has 0 saturated heterocycles. The Hall–Kier alpha value is -2.62. The van der Waals surface area contributed by atoms with E-state index >= 15 is 0 Å². The zero-order valence-corrected chi connectivity index (χ0v) is 14.3. The van der Waals surface area contributed by atoms with E-state index in [1.807, 2.05) is 24.3 Å². The van der Waals surface area contributed by atoms with Gasteiger partial charge in [-0.3, -0.25) is 0 Å². The summed E-state index contributed by atoms with van der Waals surface area (Å²) in [5.74, 6) is -1.79. The maximum atomic E-state index is 14.9. The van der Waals surface area contributed by atoms with Crippen molar-refractivity contribution in [3.63, 3.8) is 0 Å². The fraction of sp³-hybridized carbons (Fsp3) is 0.238. The fourth-order valence-electron chi connectivity index (χ4n) is 3.87. The molecule has 1 unspecified atom stereocenters. The van der Waals surface area contributed by atoms with Gasteiger partial charge in [0.1, 0.15) is 6.33 Å². The zero-order valence-electron chi connectivity index (χ0n) is 14.3. The molecule has 0 aliphatic heterocycles. The molecule has 0 radical (unpaired) electrons. The van der Waals surface area contributed by atoms with Crippen LogP contribution in [-0.2, 0) is 0 Å². The lowest BCUT2D eigenvalue weighted by Gasteiger charge is -2.33. The summed E-state index contributed by atoms with van der Waals surface area (Å²) in [5, 5.41) is 0. The lowest BCUT2D eigenvalue weighted by atomic mass is 9.71. The standard InChI is InChI=1S/C21H18F2N2/c1-21(2,3)18-12-6-4-5-7-13(12)20-15(10-24-11-25-20)17-14(18)8-9-16(22)19(17)23/h4-11,18H,1-3H3. The first-order chi connectivity index (χ1) is 11.9. The van der Waals surface area contributed by atoms with Crippen molar-refractivity contribution < 1.29 is 8.78 Å². The quantitative estimate of drug-likeness (QED) is 0.535. The van der Waals surface area contributed by atoms with Gasteiger partial charge in [0, 0.05) is 28.8 Å². The van der Waals surface area contributed by atoms with Gasteiger partial charge in [0.2, 0.25) is 0 Å². The van der Waals surface area contributed by atoms with Crippen LogP contribution in [0.5, 0.6) is 0 Å². The summed E-state index contributed by atoms with van der Waals surface area (Å²) >= 11 is 0. The van der Waals surface area contributed by atoms with Crippen LogP contribution >= 0.6 is 0 Å². The summed E-state index contributed by atoms with van der Waals surface area (Å²) in [5.41, 5.74) is 4.04. The Morgan fingerprint density at radius 3 is 2.44 bits per heavy atom. The predicted molar refractivity (Wildman–Crippen MR) is 94.1 cm³/mol. The molecule has 1 aromatic heterocycles. The lowest BCUT2D eigenvalue weighted by molar-refractivity contribution is 0.358. The molecule has 0 saturated carbocycles. The van der Waals surface area contributed by atoms with Crippen molar-refractivity contribution in [3.8, 4) is 22.4 Å². The third-order valence-electron chi connectivity index (χ3n) is 4.81. The minimum Gasteiger partial charge on any atom is -0.244 e. The third kappa shape index (κ3) is 2.36. The van der Waals surface area contributed by atoms with E-state index < -0.39 is 11.6 Å². The normalized spacial score (nSPS) is 15.8. The molecular formula is C21H18F2N2. The molecule has 0 N–H and O–H groups in total. The molecule has 1 heterocycles. The highest BCUT2D eigenvalue weighted by molar-refractivity contribution is 5.87. The molecule has 0 amide bonds. The first-order valence-corrected chi connectivity index (χ1v) is 8.27. The van der Waals surface area contributed by atoms with Gasteiger partial charge in [-0.15, -0.1) is 0 Å². The van der Waals surface area contributed by atoms with Crippen LogP contribution < -0.4 is 0 Å². The molecule has 1 aliphatic rings. The molecule has 2 aromatic carbocycles. The molecule has 1 aliphatic carbocycles. The number of hydrogen-bond acceptors (Lipinski definition) is 2. The number of nitrogens with zero attached hydrogens (tertiary/aromatic N) is 2. The Bertz CT molecular complexity index is 974. The van der Waals surface area contributed by atoms with Gasteiger partial charge in [-0.25, -0.2) is 18.7 Å². The molecule has 0 bridgehead atoms. The third-order valence-corrected chi connectivity index (χ3v) is 4.81. The van der Waals surface area contributed by atoms with Crippen molar-refractivity contribution in [1.82, 2.24) is 9.97 Å². The van der Waals surface area contributed by atoms with Crippen LogP contribution in [0.3, 0.4) is 0 Å². The monoisotopic (exact) mass is 336 g/mol. The van der Waals surface area contributed by atoms with E-state index in [4.69, 9.17) is 0 Å². The Morgan fingerprint density at radius 1 is 0.920 bits per heavy atom. The molecule has 126 valence electrons. The Balaban J connectivity index is 2.21. The topological polar surface area (TPSA) is 25.8 Å². The van der Waals surface area contributed by atoms with Gasteiger partial charge >= 0.3 is 0 Å². The average Bonchev–Trinajstić information content (AvgIpc) is 2.70. The van der Waals surface area contributed by atoms with E-state index in [0.717, 1.165) is 16.7 Å². The van der Waals surface area contributed by atoms with E-state index in [9.17, 15) is 8.78 Å². The van der Waals surface area contributed by atoms with Crippen LogP contribution in [0.2, 0.25) is 0 Å². The highest BCUT2D eigenvalue weighted by atomic mass is 19.2. The predicted octanol–water partition coefficient (Wildman–Crippen LogP) is 5.58. The maximum Gasteiger partial charge on any atom is 0.167 e. The highest BCUT2D eigenvalue weighted by Gasteiger charge is 2.36. The van der Waals surface area contributed by atoms with Crippen molar-refractivity contribution in [3.05, 3.63) is 71.7 Å². The van der Waals surface area contributed by atoms with Crippen molar-refractivity contribution >= 4 is 0 Å². The van der Waals surface area contributed by atoms with E-state index in [0.29, 0.717) is 11.3 Å². The SMILES string of the molecule is CC(C)(C)C1c2ccccc2-c2ncncc2-c2c1ccc(F)c2F. The fourth-order valence-corrected chi connectivity index (χ4v) is 3.87. The highest BCUT2D eigenvalue weighted by Crippen LogP contribution is 2.51. The van der Waals surface area contributed by atoms with Crippen molar-refractivity contribution in [2.45, 2.75) is 26.7 Å². The maximum absolute atomic E-state index is 14.9. The summed E-state index contributed by atoms with van der Waals surface area (Å²) in [6.45, 7) is 6.34. The van der Waals surface area contributed by atoms with E-state index in [1.54, 1.807) is 12.3 Å². The van der Waals surface area contributed by atoms with E-state index in [1.165, 1.54) is 12.4 Å². The molecule has 4 heteroatoms. The number of halogens is 2. The van der Waals surface area contributed by atoms with Gasteiger partial charge in [-0.05, 0) is 22.6 Å². The molecule has 4 rings (SSSR count). The van der Waals surface area contributed by atoms with Crippen LogP contribution in [0.4, 0.5) is 8.78 Å². The second-order valence-corrected chi connectivity index (χ2v) is 7.50. The lowest BCUT2D eigenvalue weighted by Crippen LogP contribution is -2.20. The van der Waals surface area contributed by atoms with E-state index in [2.05, 4.69) is 30.7 Å². The Labute approximate surface area is 145 Å². The van der Waals surface area contributed by atoms with Crippen LogP contribution in [-0.4, -0.2) is 9.97 Å². The molecule has 1 atom stereocenters. The minimum absolute atomic E-state index is 0.0944. The molecular weight excluding hydrogens is 318 g/mol. The van der Waals surface area contributed by atoms with Crippen LogP contribution in [0.1, 0.15) is 37.8 Å². The van der Waals surface area contributed by atoms with E-state index in [-0.39, 0.29) is 16.9 Å².